The van der Waals surface area contributed by atoms with Crippen LogP contribution in [0, 0.1) is 5.92 Å². The number of phenolic OH excluding ortho intramolecular Hbond substituents is 1. The number of nitrogens with one attached hydrogen (secondary N) is 1. The fourth-order valence-corrected chi connectivity index (χ4v) is 2.54. The van der Waals surface area contributed by atoms with Gasteiger partial charge in [0, 0.05) is 5.56 Å². The summed E-state index contributed by atoms with van der Waals surface area (Å²) in [4.78, 5) is 0. The van der Waals surface area contributed by atoms with Crippen molar-refractivity contribution in [1.29, 1.82) is 0 Å². The molecule has 3 nitrogen and oxygen atoms in total. The van der Waals surface area contributed by atoms with Crippen molar-refractivity contribution in [3.8, 4) is 5.75 Å². The SMILES string of the molecule is Oc1ccccc1C(O)CC1CCCNCC1. The quantitative estimate of drug-likeness (QED) is 0.753. The van der Waals surface area contributed by atoms with Crippen LogP contribution in [0.4, 0.5) is 0 Å². The first-order chi connectivity index (χ1) is 8.27. The number of hydrogen-bond acceptors (Lipinski definition) is 3. The van der Waals surface area contributed by atoms with E-state index < -0.39 is 6.10 Å². The van der Waals surface area contributed by atoms with E-state index in [1.165, 1.54) is 6.42 Å². The second-order valence-corrected chi connectivity index (χ2v) is 4.86. The average molecular weight is 235 g/mol. The molecule has 2 rings (SSSR count). The van der Waals surface area contributed by atoms with E-state index in [4.69, 9.17) is 0 Å². The van der Waals surface area contributed by atoms with Gasteiger partial charge in [-0.2, -0.15) is 0 Å². The molecule has 1 aromatic carbocycles. The smallest absolute Gasteiger partial charge is 0.121 e. The van der Waals surface area contributed by atoms with Crippen LogP contribution < -0.4 is 5.32 Å². The molecule has 3 N–H and O–H groups in total. The number of aliphatic hydroxyl groups is 1. The van der Waals surface area contributed by atoms with E-state index in [1.54, 1.807) is 18.2 Å². The van der Waals surface area contributed by atoms with E-state index in [9.17, 15) is 10.2 Å². The van der Waals surface area contributed by atoms with Gasteiger partial charge in [-0.25, -0.2) is 0 Å². The van der Waals surface area contributed by atoms with Crippen LogP contribution in [0.2, 0.25) is 0 Å². The minimum atomic E-state index is -0.542. The highest BCUT2D eigenvalue weighted by atomic mass is 16.3. The first-order valence-electron chi connectivity index (χ1n) is 6.44. The normalized spacial score (nSPS) is 23.0. The van der Waals surface area contributed by atoms with Crippen LogP contribution in [0.15, 0.2) is 24.3 Å². The molecule has 1 fully saturated rings. The molecule has 0 aromatic heterocycles. The van der Waals surface area contributed by atoms with E-state index in [2.05, 4.69) is 5.32 Å². The molecule has 1 aromatic rings. The number of benzene rings is 1. The van der Waals surface area contributed by atoms with Gasteiger partial charge in [-0.3, -0.25) is 0 Å². The average Bonchev–Trinajstić information content (AvgIpc) is 2.58. The summed E-state index contributed by atoms with van der Waals surface area (Å²) in [7, 11) is 0. The van der Waals surface area contributed by atoms with Gasteiger partial charge in [-0.15, -0.1) is 0 Å². The van der Waals surface area contributed by atoms with Crippen molar-refractivity contribution in [2.45, 2.75) is 31.8 Å². The number of phenols is 1. The van der Waals surface area contributed by atoms with Crippen molar-refractivity contribution < 1.29 is 10.2 Å². The maximum atomic E-state index is 10.2. The van der Waals surface area contributed by atoms with Gasteiger partial charge < -0.3 is 15.5 Å². The van der Waals surface area contributed by atoms with Crippen LogP contribution in [-0.2, 0) is 0 Å². The lowest BCUT2D eigenvalue weighted by Gasteiger charge is -2.19. The number of hydrogen-bond donors (Lipinski definition) is 3. The van der Waals surface area contributed by atoms with E-state index in [1.807, 2.05) is 6.07 Å². The van der Waals surface area contributed by atoms with Gasteiger partial charge in [-0.1, -0.05) is 18.2 Å². The first-order valence-corrected chi connectivity index (χ1v) is 6.44. The Bertz CT molecular complexity index is 346. The van der Waals surface area contributed by atoms with Crippen LogP contribution in [0.5, 0.6) is 5.75 Å². The molecule has 0 amide bonds. The predicted molar refractivity (Wildman–Crippen MR) is 67.9 cm³/mol. The van der Waals surface area contributed by atoms with Crippen molar-refractivity contribution in [3.63, 3.8) is 0 Å². The topological polar surface area (TPSA) is 52.5 Å². The zero-order valence-corrected chi connectivity index (χ0v) is 10.1. The van der Waals surface area contributed by atoms with Crippen molar-refractivity contribution in [2.24, 2.45) is 5.92 Å². The molecule has 0 bridgehead atoms. The lowest BCUT2D eigenvalue weighted by atomic mass is 9.91. The Morgan fingerprint density at radius 3 is 2.88 bits per heavy atom. The van der Waals surface area contributed by atoms with Gasteiger partial charge in [0.05, 0.1) is 6.10 Å². The highest BCUT2D eigenvalue weighted by Crippen LogP contribution is 2.31. The Morgan fingerprint density at radius 1 is 1.24 bits per heavy atom. The van der Waals surface area contributed by atoms with Gasteiger partial charge >= 0.3 is 0 Å². The summed E-state index contributed by atoms with van der Waals surface area (Å²) in [6.45, 7) is 2.13. The number of para-hydroxylation sites is 1. The molecule has 3 heteroatoms. The Labute approximate surface area is 102 Å². The van der Waals surface area contributed by atoms with Crippen LogP contribution in [0.25, 0.3) is 0 Å². The lowest BCUT2D eigenvalue weighted by Crippen LogP contribution is -2.14. The van der Waals surface area contributed by atoms with Crippen molar-refractivity contribution >= 4 is 0 Å². The molecule has 17 heavy (non-hydrogen) atoms. The van der Waals surface area contributed by atoms with Gasteiger partial charge in [0.25, 0.3) is 0 Å². The van der Waals surface area contributed by atoms with E-state index in [0.29, 0.717) is 11.5 Å². The molecule has 1 aliphatic rings. The zero-order chi connectivity index (χ0) is 12.1. The molecule has 1 aliphatic heterocycles. The third-order valence-corrected chi connectivity index (χ3v) is 3.55. The van der Waals surface area contributed by atoms with Crippen LogP contribution in [0.1, 0.15) is 37.4 Å². The molecular formula is C14H21NO2. The summed E-state index contributed by atoms with van der Waals surface area (Å²) < 4.78 is 0. The standard InChI is InChI=1S/C14H21NO2/c16-13-6-2-1-5-12(13)14(17)10-11-4-3-8-15-9-7-11/h1-2,5-6,11,14-17H,3-4,7-10H2. The number of aromatic hydroxyl groups is 1. The lowest BCUT2D eigenvalue weighted by molar-refractivity contribution is 0.137. The van der Waals surface area contributed by atoms with Gasteiger partial charge in [0.15, 0.2) is 0 Å². The molecule has 94 valence electrons. The van der Waals surface area contributed by atoms with Crippen LogP contribution in [0.3, 0.4) is 0 Å². The summed E-state index contributed by atoms with van der Waals surface area (Å²) in [6, 6.07) is 7.07. The summed E-state index contributed by atoms with van der Waals surface area (Å²) in [5.41, 5.74) is 0.657. The third kappa shape index (κ3) is 3.45. The van der Waals surface area contributed by atoms with Crippen LogP contribution in [-0.4, -0.2) is 23.3 Å². The fourth-order valence-electron chi connectivity index (χ4n) is 2.54. The highest BCUT2D eigenvalue weighted by Gasteiger charge is 2.19. The molecule has 0 spiro atoms. The maximum Gasteiger partial charge on any atom is 0.121 e. The summed E-state index contributed by atoms with van der Waals surface area (Å²) in [5.74, 6) is 0.756. The van der Waals surface area contributed by atoms with E-state index in [-0.39, 0.29) is 5.75 Å². The zero-order valence-electron chi connectivity index (χ0n) is 10.1. The molecule has 0 radical (unpaired) electrons. The first kappa shape index (κ1) is 12.4. The minimum Gasteiger partial charge on any atom is -0.508 e. The number of rotatable bonds is 3. The summed E-state index contributed by atoms with van der Waals surface area (Å²) in [5, 5.41) is 23.2. The van der Waals surface area contributed by atoms with Crippen molar-refractivity contribution in [1.82, 2.24) is 5.32 Å². The molecule has 1 saturated heterocycles. The van der Waals surface area contributed by atoms with Gasteiger partial charge in [-0.05, 0) is 50.8 Å². The molecule has 2 unspecified atom stereocenters. The van der Waals surface area contributed by atoms with E-state index in [0.717, 1.165) is 32.4 Å². The second-order valence-electron chi connectivity index (χ2n) is 4.86. The molecule has 1 heterocycles. The minimum absolute atomic E-state index is 0.201. The van der Waals surface area contributed by atoms with Gasteiger partial charge in [0.2, 0.25) is 0 Å². The molecular weight excluding hydrogens is 214 g/mol. The molecule has 0 saturated carbocycles. The Morgan fingerprint density at radius 2 is 2.06 bits per heavy atom. The maximum absolute atomic E-state index is 10.2. The predicted octanol–water partition coefficient (Wildman–Crippen LogP) is 2.21. The Balaban J connectivity index is 1.96. The van der Waals surface area contributed by atoms with Crippen molar-refractivity contribution in [3.05, 3.63) is 29.8 Å². The monoisotopic (exact) mass is 235 g/mol. The van der Waals surface area contributed by atoms with Crippen molar-refractivity contribution in [2.75, 3.05) is 13.1 Å². The Hall–Kier alpha value is -1.06. The van der Waals surface area contributed by atoms with E-state index >= 15 is 0 Å². The van der Waals surface area contributed by atoms with Crippen LogP contribution >= 0.6 is 0 Å². The fraction of sp³-hybridized carbons (Fsp3) is 0.571. The second kappa shape index (κ2) is 6.03. The largest absolute Gasteiger partial charge is 0.508 e. The third-order valence-electron chi connectivity index (χ3n) is 3.55. The molecule has 2 atom stereocenters. The highest BCUT2D eigenvalue weighted by molar-refractivity contribution is 5.33. The number of aliphatic hydroxyl groups excluding tert-OH is 1. The van der Waals surface area contributed by atoms with Gasteiger partial charge in [0.1, 0.15) is 5.75 Å². The molecule has 0 aliphatic carbocycles. The summed E-state index contributed by atoms with van der Waals surface area (Å²) >= 11 is 0. The Kier molecular flexibility index (Phi) is 4.40. The summed E-state index contributed by atoms with van der Waals surface area (Å²) in [6.07, 6.45) is 3.67.